The van der Waals surface area contributed by atoms with Gasteiger partial charge in [-0.3, -0.25) is 4.79 Å². The van der Waals surface area contributed by atoms with Crippen LogP contribution in [-0.4, -0.2) is 12.5 Å². The third-order valence-corrected chi connectivity index (χ3v) is 3.53. The summed E-state index contributed by atoms with van der Waals surface area (Å²) in [5.41, 5.74) is 0.668. The van der Waals surface area contributed by atoms with Gasteiger partial charge in [-0.2, -0.15) is 0 Å². The Labute approximate surface area is 162 Å². The zero-order chi connectivity index (χ0) is 16.2. The van der Waals surface area contributed by atoms with Crippen LogP contribution in [0.25, 0.3) is 10.8 Å². The molecule has 4 nitrogen and oxygen atoms in total. The molecule has 0 heterocycles. The molecule has 5 heteroatoms. The number of nitrogens with one attached hydrogen (secondary N) is 1. The minimum Gasteiger partial charge on any atom is -0.872 e. The molecular formula is C19H16NNaO3. The fourth-order valence-electron chi connectivity index (χ4n) is 2.44. The van der Waals surface area contributed by atoms with Crippen molar-refractivity contribution in [3.8, 4) is 11.5 Å². The molecule has 0 spiro atoms. The minimum absolute atomic E-state index is 0. The van der Waals surface area contributed by atoms with Gasteiger partial charge in [-0.05, 0) is 35.9 Å². The van der Waals surface area contributed by atoms with Crippen LogP contribution in [0.15, 0.2) is 60.7 Å². The van der Waals surface area contributed by atoms with E-state index in [1.54, 1.807) is 24.3 Å². The van der Waals surface area contributed by atoms with Crippen molar-refractivity contribution in [2.24, 2.45) is 0 Å². The molecule has 0 aliphatic heterocycles. The number of ether oxygens (including phenoxy) is 1. The van der Waals surface area contributed by atoms with Crippen LogP contribution in [0.5, 0.6) is 11.5 Å². The summed E-state index contributed by atoms with van der Waals surface area (Å²) >= 11 is 0. The van der Waals surface area contributed by atoms with E-state index in [9.17, 15) is 9.90 Å². The Morgan fingerprint density at radius 1 is 1.04 bits per heavy atom. The summed E-state index contributed by atoms with van der Waals surface area (Å²) in [5, 5.41) is 16.6. The first-order chi connectivity index (χ1) is 11.2. The molecular weight excluding hydrogens is 313 g/mol. The van der Waals surface area contributed by atoms with Gasteiger partial charge in [0.2, 0.25) is 0 Å². The Bertz CT molecular complexity index is 864. The fraction of sp³-hybridized carbons (Fsp3) is 0.105. The fourth-order valence-corrected chi connectivity index (χ4v) is 2.44. The molecule has 3 aromatic rings. The molecule has 0 fully saturated rings. The topological polar surface area (TPSA) is 61.4 Å². The Morgan fingerprint density at radius 2 is 1.67 bits per heavy atom. The molecule has 0 aliphatic carbocycles. The van der Waals surface area contributed by atoms with Crippen LogP contribution in [0.2, 0.25) is 0 Å². The van der Waals surface area contributed by atoms with E-state index in [4.69, 9.17) is 4.74 Å². The second-order valence-electron chi connectivity index (χ2n) is 5.08. The zero-order valence-corrected chi connectivity index (χ0v) is 15.7. The summed E-state index contributed by atoms with van der Waals surface area (Å²) < 4.78 is 5.48. The Morgan fingerprint density at radius 3 is 2.38 bits per heavy atom. The molecule has 0 unspecified atom stereocenters. The molecule has 0 aliphatic rings. The maximum Gasteiger partial charge on any atom is 1.00 e. The largest absolute Gasteiger partial charge is 1.00 e. The number of para-hydroxylation sites is 2. The molecule has 3 rings (SSSR count). The molecule has 0 radical (unpaired) electrons. The number of anilines is 1. The number of benzene rings is 3. The summed E-state index contributed by atoms with van der Waals surface area (Å²) in [6, 6.07) is 17.7. The van der Waals surface area contributed by atoms with Crippen molar-refractivity contribution in [1.29, 1.82) is 0 Å². The van der Waals surface area contributed by atoms with E-state index in [1.165, 1.54) is 6.07 Å². The van der Waals surface area contributed by atoms with E-state index in [-0.39, 0.29) is 40.9 Å². The normalized spacial score (nSPS) is 10.0. The number of carbonyl (C=O) groups excluding carboxylic acids is 1. The third kappa shape index (κ3) is 3.90. The van der Waals surface area contributed by atoms with Crippen LogP contribution < -0.4 is 44.7 Å². The van der Waals surface area contributed by atoms with Crippen molar-refractivity contribution < 1.29 is 44.2 Å². The van der Waals surface area contributed by atoms with Gasteiger partial charge in [0.15, 0.2) is 0 Å². The van der Waals surface area contributed by atoms with E-state index in [2.05, 4.69) is 5.32 Å². The zero-order valence-electron chi connectivity index (χ0n) is 13.7. The average molecular weight is 329 g/mol. The summed E-state index contributed by atoms with van der Waals surface area (Å²) in [4.78, 5) is 12.5. The number of amides is 1. The van der Waals surface area contributed by atoms with Crippen LogP contribution in [0.3, 0.4) is 0 Å². The Kier molecular flexibility index (Phi) is 6.26. The van der Waals surface area contributed by atoms with Gasteiger partial charge in [0, 0.05) is 5.56 Å². The van der Waals surface area contributed by atoms with E-state index in [0.29, 0.717) is 18.0 Å². The smallest absolute Gasteiger partial charge is 0.872 e. The van der Waals surface area contributed by atoms with Gasteiger partial charge in [0.05, 0.1) is 12.3 Å². The summed E-state index contributed by atoms with van der Waals surface area (Å²) in [7, 11) is 0. The number of hydrogen-bond donors (Lipinski definition) is 1. The average Bonchev–Trinajstić information content (AvgIpc) is 2.56. The third-order valence-electron chi connectivity index (χ3n) is 3.53. The van der Waals surface area contributed by atoms with E-state index in [0.717, 1.165) is 10.8 Å². The van der Waals surface area contributed by atoms with E-state index < -0.39 is 5.91 Å². The van der Waals surface area contributed by atoms with Gasteiger partial charge in [0.25, 0.3) is 5.91 Å². The van der Waals surface area contributed by atoms with Crippen LogP contribution in [0.1, 0.15) is 17.3 Å². The number of rotatable bonds is 4. The van der Waals surface area contributed by atoms with Crippen LogP contribution in [0, 0.1) is 0 Å². The Balaban J connectivity index is 0.00000208. The number of fused-ring (bicyclic) bond motifs is 1. The summed E-state index contributed by atoms with van der Waals surface area (Å²) in [6.45, 7) is 2.37. The molecule has 0 saturated carbocycles. The molecule has 0 bridgehead atoms. The van der Waals surface area contributed by atoms with E-state index in [1.807, 2.05) is 37.3 Å². The Hall–Kier alpha value is -2.01. The van der Waals surface area contributed by atoms with Gasteiger partial charge < -0.3 is 15.2 Å². The minimum atomic E-state index is -0.437. The van der Waals surface area contributed by atoms with Crippen LogP contribution in [-0.2, 0) is 0 Å². The van der Waals surface area contributed by atoms with Crippen LogP contribution in [0.4, 0.5) is 5.69 Å². The number of carbonyl (C=O) groups is 1. The van der Waals surface area contributed by atoms with Gasteiger partial charge in [0.1, 0.15) is 5.75 Å². The molecule has 0 saturated heterocycles. The molecule has 0 aromatic heterocycles. The predicted octanol–water partition coefficient (Wildman–Crippen LogP) is 0.568. The molecule has 1 amide bonds. The van der Waals surface area contributed by atoms with Gasteiger partial charge in [-0.25, -0.2) is 0 Å². The molecule has 1 N–H and O–H groups in total. The van der Waals surface area contributed by atoms with Crippen molar-refractivity contribution in [1.82, 2.24) is 0 Å². The quantitative estimate of drug-likeness (QED) is 0.712. The monoisotopic (exact) mass is 329 g/mol. The first kappa shape index (κ1) is 18.3. The maximum atomic E-state index is 12.5. The van der Waals surface area contributed by atoms with Crippen molar-refractivity contribution in [3.63, 3.8) is 0 Å². The second kappa shape index (κ2) is 8.20. The van der Waals surface area contributed by atoms with Crippen LogP contribution >= 0.6 is 0 Å². The van der Waals surface area contributed by atoms with Crippen molar-refractivity contribution in [3.05, 3.63) is 66.2 Å². The second-order valence-corrected chi connectivity index (χ2v) is 5.08. The summed E-state index contributed by atoms with van der Waals surface area (Å²) in [6.07, 6.45) is 0. The molecule has 3 aromatic carbocycles. The number of hydrogen-bond acceptors (Lipinski definition) is 3. The maximum absolute atomic E-state index is 12.5. The van der Waals surface area contributed by atoms with E-state index >= 15 is 0 Å². The summed E-state index contributed by atoms with van der Waals surface area (Å²) in [5.74, 6) is -0.153. The first-order valence-electron chi connectivity index (χ1n) is 7.42. The predicted molar refractivity (Wildman–Crippen MR) is 89.0 cm³/mol. The SMILES string of the molecule is CCOc1ccccc1NC(=O)c1cc2ccccc2cc1[O-].[Na+]. The van der Waals surface area contributed by atoms with Gasteiger partial charge in [-0.15, -0.1) is 0 Å². The van der Waals surface area contributed by atoms with Crippen molar-refractivity contribution in [2.45, 2.75) is 6.92 Å². The molecule has 116 valence electrons. The van der Waals surface area contributed by atoms with Gasteiger partial charge >= 0.3 is 29.6 Å². The van der Waals surface area contributed by atoms with Gasteiger partial charge in [-0.1, -0.05) is 48.2 Å². The first-order valence-corrected chi connectivity index (χ1v) is 7.42. The van der Waals surface area contributed by atoms with Crippen molar-refractivity contribution >= 4 is 22.4 Å². The molecule has 24 heavy (non-hydrogen) atoms. The van der Waals surface area contributed by atoms with Crippen molar-refractivity contribution in [2.75, 3.05) is 11.9 Å². The standard InChI is InChI=1S/C19H17NO3.Na/c1-2-23-18-10-6-5-9-16(18)20-19(22)15-11-13-7-3-4-8-14(13)12-17(15)21;/h3-12,21H,2H2,1H3,(H,20,22);/q;+1/p-1. The molecule has 0 atom stereocenters.